The molecule has 1 saturated heterocycles. The first-order chi connectivity index (χ1) is 8.38. The fourth-order valence-corrected chi connectivity index (χ4v) is 2.37. The van der Waals surface area contributed by atoms with Crippen molar-refractivity contribution in [1.29, 1.82) is 0 Å². The van der Waals surface area contributed by atoms with E-state index in [1.165, 1.54) is 24.8 Å². The number of morpholine rings is 1. The molecule has 1 atom stereocenters. The van der Waals surface area contributed by atoms with Crippen LogP contribution in [0.25, 0.3) is 0 Å². The third-order valence-corrected chi connectivity index (χ3v) is 3.35. The summed E-state index contributed by atoms with van der Waals surface area (Å²) < 4.78 is 5.81. The van der Waals surface area contributed by atoms with E-state index >= 15 is 0 Å². The molecule has 1 fully saturated rings. The number of rotatable bonds is 5. The molecule has 2 heteroatoms. The number of hydrogen-bond donors (Lipinski definition) is 0. The Morgan fingerprint density at radius 2 is 2.12 bits per heavy atom. The molecular weight excluding hydrogens is 210 g/mol. The van der Waals surface area contributed by atoms with Gasteiger partial charge >= 0.3 is 0 Å². The standard InChI is InChI=1S/C15H23NO/c1-2-3-9-15-13-16(10-11-17-15)12-14-7-5-4-6-8-14/h4-8,15H,2-3,9-13H2,1H3. The maximum Gasteiger partial charge on any atom is 0.0702 e. The highest BCUT2D eigenvalue weighted by Gasteiger charge is 2.19. The Balaban J connectivity index is 1.81. The SMILES string of the molecule is CCCCC1CN(Cc2ccccc2)CCO1. The van der Waals surface area contributed by atoms with E-state index in [2.05, 4.69) is 42.2 Å². The maximum atomic E-state index is 5.81. The zero-order valence-corrected chi connectivity index (χ0v) is 10.8. The number of hydrogen-bond acceptors (Lipinski definition) is 2. The highest BCUT2D eigenvalue weighted by Crippen LogP contribution is 2.14. The summed E-state index contributed by atoms with van der Waals surface area (Å²) in [4.78, 5) is 2.51. The fourth-order valence-electron chi connectivity index (χ4n) is 2.37. The minimum Gasteiger partial charge on any atom is -0.376 e. The van der Waals surface area contributed by atoms with Gasteiger partial charge in [0.05, 0.1) is 12.7 Å². The number of nitrogens with zero attached hydrogens (tertiary/aromatic N) is 1. The molecule has 2 nitrogen and oxygen atoms in total. The largest absolute Gasteiger partial charge is 0.376 e. The average molecular weight is 233 g/mol. The van der Waals surface area contributed by atoms with Crippen LogP contribution in [-0.2, 0) is 11.3 Å². The van der Waals surface area contributed by atoms with Gasteiger partial charge in [-0.25, -0.2) is 0 Å². The van der Waals surface area contributed by atoms with Crippen LogP contribution in [0.4, 0.5) is 0 Å². The molecule has 0 aliphatic carbocycles. The molecule has 17 heavy (non-hydrogen) atoms. The third kappa shape index (κ3) is 4.14. The van der Waals surface area contributed by atoms with Crippen molar-refractivity contribution in [3.8, 4) is 0 Å². The van der Waals surface area contributed by atoms with Crippen molar-refractivity contribution >= 4 is 0 Å². The molecule has 0 bridgehead atoms. The van der Waals surface area contributed by atoms with Gasteiger partial charge in [-0.2, -0.15) is 0 Å². The van der Waals surface area contributed by atoms with Crippen molar-refractivity contribution in [2.24, 2.45) is 0 Å². The number of benzene rings is 1. The number of ether oxygens (including phenoxy) is 1. The molecule has 1 aromatic carbocycles. The predicted octanol–water partition coefficient (Wildman–Crippen LogP) is 3.08. The summed E-state index contributed by atoms with van der Waals surface area (Å²) in [5.41, 5.74) is 1.41. The maximum absolute atomic E-state index is 5.81. The monoisotopic (exact) mass is 233 g/mol. The third-order valence-electron chi connectivity index (χ3n) is 3.35. The molecule has 1 aromatic rings. The first-order valence-corrected chi connectivity index (χ1v) is 6.76. The lowest BCUT2D eigenvalue weighted by atomic mass is 10.1. The summed E-state index contributed by atoms with van der Waals surface area (Å²) in [6.45, 7) is 6.35. The van der Waals surface area contributed by atoms with Gasteiger partial charge in [-0.3, -0.25) is 4.90 Å². The smallest absolute Gasteiger partial charge is 0.0702 e. The van der Waals surface area contributed by atoms with E-state index < -0.39 is 0 Å². The van der Waals surface area contributed by atoms with E-state index in [4.69, 9.17) is 4.74 Å². The van der Waals surface area contributed by atoms with Crippen LogP contribution >= 0.6 is 0 Å². The lowest BCUT2D eigenvalue weighted by Crippen LogP contribution is -2.41. The minimum absolute atomic E-state index is 0.451. The molecular formula is C15H23NO. The van der Waals surface area contributed by atoms with Crippen molar-refractivity contribution < 1.29 is 4.74 Å². The summed E-state index contributed by atoms with van der Waals surface area (Å²) in [5, 5.41) is 0. The van der Waals surface area contributed by atoms with Crippen molar-refractivity contribution in [2.75, 3.05) is 19.7 Å². The Labute approximate surface area is 105 Å². The summed E-state index contributed by atoms with van der Waals surface area (Å²) in [5.74, 6) is 0. The van der Waals surface area contributed by atoms with Crippen LogP contribution in [-0.4, -0.2) is 30.7 Å². The van der Waals surface area contributed by atoms with Crippen LogP contribution in [0.2, 0.25) is 0 Å². The Kier molecular flexibility index (Phi) is 5.02. The van der Waals surface area contributed by atoms with Crippen molar-refractivity contribution in [3.05, 3.63) is 35.9 Å². The van der Waals surface area contributed by atoms with Crippen LogP contribution in [0.5, 0.6) is 0 Å². The van der Waals surface area contributed by atoms with Gasteiger partial charge in [-0.05, 0) is 12.0 Å². The van der Waals surface area contributed by atoms with Crippen LogP contribution in [0.15, 0.2) is 30.3 Å². The number of unbranched alkanes of at least 4 members (excludes halogenated alkanes) is 1. The van der Waals surface area contributed by atoms with Crippen molar-refractivity contribution in [2.45, 2.75) is 38.8 Å². The quantitative estimate of drug-likeness (QED) is 0.775. The van der Waals surface area contributed by atoms with Gasteiger partial charge in [-0.15, -0.1) is 0 Å². The minimum atomic E-state index is 0.451. The molecule has 0 radical (unpaired) electrons. The van der Waals surface area contributed by atoms with Gasteiger partial charge in [-0.1, -0.05) is 50.1 Å². The van der Waals surface area contributed by atoms with Gasteiger partial charge < -0.3 is 4.74 Å². The Morgan fingerprint density at radius 1 is 1.29 bits per heavy atom. The predicted molar refractivity (Wildman–Crippen MR) is 71.0 cm³/mol. The van der Waals surface area contributed by atoms with Crippen LogP contribution in [0.1, 0.15) is 31.7 Å². The molecule has 0 N–H and O–H groups in total. The lowest BCUT2D eigenvalue weighted by Gasteiger charge is -2.33. The summed E-state index contributed by atoms with van der Waals surface area (Å²) in [7, 11) is 0. The molecule has 2 rings (SSSR count). The second-order valence-corrected chi connectivity index (χ2v) is 4.86. The molecule has 0 aromatic heterocycles. The van der Waals surface area contributed by atoms with E-state index in [-0.39, 0.29) is 0 Å². The first-order valence-electron chi connectivity index (χ1n) is 6.76. The van der Waals surface area contributed by atoms with Gasteiger partial charge in [0.2, 0.25) is 0 Å². The van der Waals surface area contributed by atoms with E-state index in [1.807, 2.05) is 0 Å². The highest BCUT2D eigenvalue weighted by atomic mass is 16.5. The highest BCUT2D eigenvalue weighted by molar-refractivity contribution is 5.14. The summed E-state index contributed by atoms with van der Waals surface area (Å²) in [6, 6.07) is 10.7. The molecule has 1 aliphatic rings. The fraction of sp³-hybridized carbons (Fsp3) is 0.600. The summed E-state index contributed by atoms with van der Waals surface area (Å²) in [6.07, 6.45) is 4.21. The zero-order valence-electron chi connectivity index (χ0n) is 10.8. The van der Waals surface area contributed by atoms with Gasteiger partial charge in [0.1, 0.15) is 0 Å². The average Bonchev–Trinajstić information content (AvgIpc) is 2.38. The molecule has 1 unspecified atom stereocenters. The van der Waals surface area contributed by atoms with E-state index in [0.29, 0.717) is 6.10 Å². The van der Waals surface area contributed by atoms with E-state index in [1.54, 1.807) is 0 Å². The van der Waals surface area contributed by atoms with Crippen LogP contribution in [0, 0.1) is 0 Å². The lowest BCUT2D eigenvalue weighted by molar-refractivity contribution is -0.0356. The molecule has 94 valence electrons. The Morgan fingerprint density at radius 3 is 2.88 bits per heavy atom. The van der Waals surface area contributed by atoms with E-state index in [0.717, 1.165) is 26.2 Å². The van der Waals surface area contributed by atoms with Crippen LogP contribution < -0.4 is 0 Å². The Hall–Kier alpha value is -0.860. The van der Waals surface area contributed by atoms with Gasteiger partial charge in [0, 0.05) is 19.6 Å². The second-order valence-electron chi connectivity index (χ2n) is 4.86. The molecule has 0 amide bonds. The van der Waals surface area contributed by atoms with Crippen molar-refractivity contribution in [3.63, 3.8) is 0 Å². The summed E-state index contributed by atoms with van der Waals surface area (Å²) >= 11 is 0. The Bertz CT molecular complexity index is 312. The van der Waals surface area contributed by atoms with Crippen molar-refractivity contribution in [1.82, 2.24) is 4.90 Å². The normalized spacial score (nSPS) is 21.6. The van der Waals surface area contributed by atoms with Gasteiger partial charge in [0.25, 0.3) is 0 Å². The van der Waals surface area contributed by atoms with Crippen LogP contribution in [0.3, 0.4) is 0 Å². The molecule has 0 spiro atoms. The molecule has 0 saturated carbocycles. The van der Waals surface area contributed by atoms with Gasteiger partial charge in [0.15, 0.2) is 0 Å². The van der Waals surface area contributed by atoms with E-state index in [9.17, 15) is 0 Å². The topological polar surface area (TPSA) is 12.5 Å². The molecule has 1 aliphatic heterocycles. The second kappa shape index (κ2) is 6.77. The zero-order chi connectivity index (χ0) is 11.9. The molecule has 1 heterocycles. The first kappa shape index (κ1) is 12.6.